The SMILES string of the molecule is CCCCC(CC)C(=O)N(CCCC)C(C)c1nc2ccccc2c(=O)n1-c1ccc(F)c(Cl)c1. The number of rotatable bonds is 11. The third-order valence-corrected chi connectivity index (χ3v) is 6.88. The second-order valence-electron chi connectivity index (χ2n) is 9.03. The van der Waals surface area contributed by atoms with Gasteiger partial charge in [0.25, 0.3) is 5.56 Å². The molecule has 3 aromatic rings. The van der Waals surface area contributed by atoms with E-state index in [4.69, 9.17) is 16.6 Å². The largest absolute Gasteiger partial charge is 0.333 e. The highest BCUT2D eigenvalue weighted by atomic mass is 35.5. The van der Waals surface area contributed by atoms with Crippen molar-refractivity contribution < 1.29 is 9.18 Å². The average molecular weight is 500 g/mol. The molecule has 0 aliphatic rings. The molecule has 5 nitrogen and oxygen atoms in total. The van der Waals surface area contributed by atoms with Gasteiger partial charge in [-0.3, -0.25) is 14.2 Å². The number of fused-ring (bicyclic) bond motifs is 1. The Labute approximate surface area is 211 Å². The first-order chi connectivity index (χ1) is 16.8. The molecule has 0 aliphatic heterocycles. The molecule has 35 heavy (non-hydrogen) atoms. The molecule has 1 heterocycles. The third kappa shape index (κ3) is 5.92. The normalized spacial score (nSPS) is 13.1. The van der Waals surface area contributed by atoms with Crippen molar-refractivity contribution in [1.82, 2.24) is 14.5 Å². The van der Waals surface area contributed by atoms with Crippen molar-refractivity contribution in [2.45, 2.75) is 72.3 Å². The van der Waals surface area contributed by atoms with Crippen LogP contribution in [0, 0.1) is 11.7 Å². The topological polar surface area (TPSA) is 55.2 Å². The number of hydrogen-bond donors (Lipinski definition) is 0. The van der Waals surface area contributed by atoms with E-state index in [1.807, 2.05) is 24.8 Å². The van der Waals surface area contributed by atoms with E-state index in [2.05, 4.69) is 13.8 Å². The Hall–Kier alpha value is -2.73. The number of carbonyl (C=O) groups excluding carboxylic acids is 1. The lowest BCUT2D eigenvalue weighted by Crippen LogP contribution is -2.41. The fourth-order valence-corrected chi connectivity index (χ4v) is 4.63. The number of amides is 1. The Morgan fingerprint density at radius 3 is 2.49 bits per heavy atom. The van der Waals surface area contributed by atoms with Crippen LogP contribution in [-0.4, -0.2) is 26.9 Å². The number of carbonyl (C=O) groups is 1. The van der Waals surface area contributed by atoms with Crippen molar-refractivity contribution >= 4 is 28.4 Å². The monoisotopic (exact) mass is 499 g/mol. The zero-order chi connectivity index (χ0) is 25.5. The van der Waals surface area contributed by atoms with E-state index in [9.17, 15) is 14.0 Å². The fourth-order valence-electron chi connectivity index (χ4n) is 4.45. The number of unbranched alkanes of at least 4 members (excludes halogenated alkanes) is 2. The van der Waals surface area contributed by atoms with Gasteiger partial charge in [-0.1, -0.05) is 63.8 Å². The summed E-state index contributed by atoms with van der Waals surface area (Å²) in [4.78, 5) is 34.1. The van der Waals surface area contributed by atoms with Gasteiger partial charge < -0.3 is 4.90 Å². The number of hydrogen-bond acceptors (Lipinski definition) is 3. The molecule has 2 unspecified atom stereocenters. The van der Waals surface area contributed by atoms with Crippen LogP contribution in [0.4, 0.5) is 4.39 Å². The number of aromatic nitrogens is 2. The summed E-state index contributed by atoms with van der Waals surface area (Å²) in [7, 11) is 0. The van der Waals surface area contributed by atoms with Crippen molar-refractivity contribution in [3.8, 4) is 5.69 Å². The lowest BCUT2D eigenvalue weighted by Gasteiger charge is -2.33. The lowest BCUT2D eigenvalue weighted by atomic mass is 9.96. The van der Waals surface area contributed by atoms with E-state index in [0.29, 0.717) is 29.0 Å². The van der Waals surface area contributed by atoms with Gasteiger partial charge in [-0.2, -0.15) is 0 Å². The molecule has 3 rings (SSSR count). The second-order valence-corrected chi connectivity index (χ2v) is 9.44. The highest BCUT2D eigenvalue weighted by Gasteiger charge is 2.30. The lowest BCUT2D eigenvalue weighted by molar-refractivity contribution is -0.138. The smallest absolute Gasteiger partial charge is 0.266 e. The quantitative estimate of drug-likeness (QED) is 0.283. The Bertz CT molecular complexity index is 1230. The van der Waals surface area contributed by atoms with Crippen LogP contribution < -0.4 is 5.56 Å². The van der Waals surface area contributed by atoms with Crippen LogP contribution in [0.3, 0.4) is 0 Å². The molecule has 0 aliphatic carbocycles. The minimum atomic E-state index is -0.562. The molecule has 1 aromatic heterocycles. The predicted octanol–water partition coefficient (Wildman–Crippen LogP) is 7.08. The highest BCUT2D eigenvalue weighted by molar-refractivity contribution is 6.30. The van der Waals surface area contributed by atoms with Crippen LogP contribution in [0.15, 0.2) is 47.3 Å². The van der Waals surface area contributed by atoms with Crippen LogP contribution in [0.1, 0.15) is 78.1 Å². The van der Waals surface area contributed by atoms with Gasteiger partial charge in [-0.15, -0.1) is 0 Å². The summed E-state index contributed by atoms with van der Waals surface area (Å²) in [6.07, 6.45) is 5.42. The maximum absolute atomic E-state index is 13.9. The summed E-state index contributed by atoms with van der Waals surface area (Å²) in [5.74, 6) is -0.109. The van der Waals surface area contributed by atoms with Crippen molar-refractivity contribution in [2.75, 3.05) is 6.54 Å². The van der Waals surface area contributed by atoms with Crippen LogP contribution in [0.5, 0.6) is 0 Å². The standard InChI is InChI=1S/C28H35ClFN3O2/c1-5-8-12-20(7-3)27(34)32(17-9-6-2)19(4)26-31-25-14-11-10-13-22(25)28(35)33(26)21-15-16-24(30)23(29)18-21/h10-11,13-16,18-20H,5-9,12,17H2,1-4H3. The van der Waals surface area contributed by atoms with E-state index in [1.54, 1.807) is 18.2 Å². The molecular weight excluding hydrogens is 465 g/mol. The molecule has 0 N–H and O–H groups in total. The van der Waals surface area contributed by atoms with Crippen LogP contribution in [0.25, 0.3) is 16.6 Å². The predicted molar refractivity (Wildman–Crippen MR) is 141 cm³/mol. The molecule has 188 valence electrons. The zero-order valence-electron chi connectivity index (χ0n) is 21.1. The van der Waals surface area contributed by atoms with E-state index < -0.39 is 11.9 Å². The average Bonchev–Trinajstić information content (AvgIpc) is 2.86. The second kappa shape index (κ2) is 12.3. The number of benzene rings is 2. The molecule has 2 aromatic carbocycles. The maximum Gasteiger partial charge on any atom is 0.266 e. The molecular formula is C28H35ClFN3O2. The van der Waals surface area contributed by atoms with Gasteiger partial charge in [0.1, 0.15) is 11.6 Å². The fraction of sp³-hybridized carbons (Fsp3) is 0.464. The summed E-state index contributed by atoms with van der Waals surface area (Å²) in [5.41, 5.74) is 0.702. The van der Waals surface area contributed by atoms with Gasteiger partial charge in [0.15, 0.2) is 0 Å². The molecule has 2 atom stereocenters. The number of para-hydroxylation sites is 1. The maximum atomic E-state index is 13.9. The van der Waals surface area contributed by atoms with Gasteiger partial charge in [-0.05, 0) is 56.5 Å². The van der Waals surface area contributed by atoms with Crippen LogP contribution >= 0.6 is 11.6 Å². The van der Waals surface area contributed by atoms with Crippen LogP contribution in [-0.2, 0) is 4.79 Å². The molecule has 0 bridgehead atoms. The summed E-state index contributed by atoms with van der Waals surface area (Å²) >= 11 is 6.08. The summed E-state index contributed by atoms with van der Waals surface area (Å²) in [6.45, 7) is 8.75. The van der Waals surface area contributed by atoms with Gasteiger partial charge >= 0.3 is 0 Å². The molecule has 0 saturated heterocycles. The first-order valence-corrected chi connectivity index (χ1v) is 13.0. The molecule has 0 radical (unpaired) electrons. The van der Waals surface area contributed by atoms with E-state index in [-0.39, 0.29) is 22.4 Å². The molecule has 7 heteroatoms. The van der Waals surface area contributed by atoms with Gasteiger partial charge in [0.05, 0.1) is 27.7 Å². The van der Waals surface area contributed by atoms with E-state index in [0.717, 1.165) is 38.5 Å². The molecule has 0 saturated carbocycles. The van der Waals surface area contributed by atoms with Crippen molar-refractivity contribution in [3.05, 3.63) is 69.5 Å². The number of halogens is 2. The van der Waals surface area contributed by atoms with Crippen molar-refractivity contribution in [1.29, 1.82) is 0 Å². The summed E-state index contributed by atoms with van der Waals surface area (Å²) in [6, 6.07) is 10.9. The number of nitrogens with zero attached hydrogens (tertiary/aromatic N) is 3. The highest BCUT2D eigenvalue weighted by Crippen LogP contribution is 2.28. The van der Waals surface area contributed by atoms with E-state index >= 15 is 0 Å². The first-order valence-electron chi connectivity index (χ1n) is 12.6. The van der Waals surface area contributed by atoms with Gasteiger partial charge in [-0.25, -0.2) is 9.37 Å². The minimum Gasteiger partial charge on any atom is -0.333 e. The van der Waals surface area contributed by atoms with E-state index in [1.165, 1.54) is 22.8 Å². The Morgan fingerprint density at radius 1 is 1.11 bits per heavy atom. The van der Waals surface area contributed by atoms with Crippen LogP contribution in [0.2, 0.25) is 5.02 Å². The molecule has 1 amide bonds. The summed E-state index contributed by atoms with van der Waals surface area (Å²) in [5, 5.41) is 0.371. The Morgan fingerprint density at radius 2 is 1.83 bits per heavy atom. The third-order valence-electron chi connectivity index (χ3n) is 6.59. The van der Waals surface area contributed by atoms with Gasteiger partial charge in [0, 0.05) is 12.5 Å². The molecule has 0 fully saturated rings. The van der Waals surface area contributed by atoms with Gasteiger partial charge in [0.2, 0.25) is 5.91 Å². The zero-order valence-corrected chi connectivity index (χ0v) is 21.8. The molecule has 0 spiro atoms. The van der Waals surface area contributed by atoms with Crippen molar-refractivity contribution in [2.24, 2.45) is 5.92 Å². The minimum absolute atomic E-state index is 0.0739. The first kappa shape index (κ1) is 26.9. The Kier molecular flexibility index (Phi) is 9.44. The van der Waals surface area contributed by atoms with Crippen molar-refractivity contribution in [3.63, 3.8) is 0 Å². The Balaban J connectivity index is 2.19. The summed E-state index contributed by atoms with van der Waals surface area (Å²) < 4.78 is 15.4.